The van der Waals surface area contributed by atoms with Crippen molar-refractivity contribution in [2.45, 2.75) is 6.92 Å². The molecule has 0 aromatic heterocycles. The number of rotatable bonds is 4. The van der Waals surface area contributed by atoms with Gasteiger partial charge in [-0.15, -0.1) is 0 Å². The Morgan fingerprint density at radius 1 is 1.16 bits per heavy atom. The molecule has 25 heavy (non-hydrogen) atoms. The highest BCUT2D eigenvalue weighted by molar-refractivity contribution is 8.03. The lowest BCUT2D eigenvalue weighted by molar-refractivity contribution is -0.130. The molecule has 2 amide bonds. The van der Waals surface area contributed by atoms with Crippen LogP contribution in [0, 0.1) is 6.92 Å². The Morgan fingerprint density at radius 3 is 2.36 bits per heavy atom. The fraction of sp³-hybridized carbons (Fsp3) is 0.500. The van der Waals surface area contributed by atoms with Crippen molar-refractivity contribution in [1.82, 2.24) is 14.5 Å². The number of anilines is 1. The Balaban J connectivity index is 1.84. The van der Waals surface area contributed by atoms with E-state index in [0.29, 0.717) is 26.2 Å². The summed E-state index contributed by atoms with van der Waals surface area (Å²) in [6, 6.07) is 8.18. The second-order valence-corrected chi connectivity index (χ2v) is 8.19. The number of carbonyl (C=O) groups excluding carboxylic acids is 2. The number of aryl methyl sites for hydroxylation is 1. The Hall–Kier alpha value is -2.13. The quantitative estimate of drug-likeness (QED) is 0.823. The third-order valence-electron chi connectivity index (χ3n) is 4.10. The molecule has 0 unspecified atom stereocenters. The topological polar surface area (TPSA) is 90.0 Å². The molecule has 8 nitrogen and oxygen atoms in total. The summed E-state index contributed by atoms with van der Waals surface area (Å²) >= 11 is 0. The second-order valence-electron chi connectivity index (χ2n) is 6.14. The van der Waals surface area contributed by atoms with Crippen LogP contribution in [0.15, 0.2) is 24.3 Å². The third-order valence-corrected chi connectivity index (χ3v) is 5.67. The van der Waals surface area contributed by atoms with Crippen LogP contribution in [0.2, 0.25) is 0 Å². The predicted molar refractivity (Wildman–Crippen MR) is 96.0 cm³/mol. The molecule has 0 spiro atoms. The Labute approximate surface area is 148 Å². The van der Waals surface area contributed by atoms with Gasteiger partial charge in [-0.25, -0.2) is 8.42 Å². The molecule has 0 bridgehead atoms. The number of benzene rings is 1. The zero-order valence-corrected chi connectivity index (χ0v) is 15.5. The number of amides is 2. The van der Waals surface area contributed by atoms with E-state index >= 15 is 0 Å². The minimum atomic E-state index is -4.05. The normalized spacial score (nSPS) is 15.4. The maximum Gasteiger partial charge on any atom is 0.352 e. The fourth-order valence-corrected chi connectivity index (χ4v) is 3.14. The van der Waals surface area contributed by atoms with Gasteiger partial charge in [-0.1, -0.05) is 12.1 Å². The van der Waals surface area contributed by atoms with E-state index in [0.717, 1.165) is 9.99 Å². The molecule has 0 saturated carbocycles. The van der Waals surface area contributed by atoms with Crippen LogP contribution in [0.1, 0.15) is 5.56 Å². The van der Waals surface area contributed by atoms with Gasteiger partial charge >= 0.3 is 5.24 Å². The largest absolute Gasteiger partial charge is 0.368 e. The number of sulfonamides is 1. The van der Waals surface area contributed by atoms with Crippen LogP contribution >= 0.6 is 0 Å². The highest BCUT2D eigenvalue weighted by Crippen LogP contribution is 2.17. The average molecular weight is 368 g/mol. The van der Waals surface area contributed by atoms with Gasteiger partial charge in [0.1, 0.15) is 0 Å². The van der Waals surface area contributed by atoms with E-state index in [1.807, 2.05) is 25.1 Å². The third kappa shape index (κ3) is 4.70. The molecule has 1 aromatic rings. The van der Waals surface area contributed by atoms with E-state index < -0.39 is 15.3 Å². The maximum absolute atomic E-state index is 12.2. The van der Waals surface area contributed by atoms with Gasteiger partial charge in [-0.3, -0.25) is 9.59 Å². The van der Waals surface area contributed by atoms with Gasteiger partial charge in [-0.05, 0) is 24.6 Å². The van der Waals surface area contributed by atoms with E-state index in [2.05, 4.69) is 16.3 Å². The zero-order valence-electron chi connectivity index (χ0n) is 14.7. The van der Waals surface area contributed by atoms with Crippen molar-refractivity contribution in [1.29, 1.82) is 0 Å². The van der Waals surface area contributed by atoms with Gasteiger partial charge in [0.15, 0.2) is 0 Å². The average Bonchev–Trinajstić information content (AvgIpc) is 2.59. The van der Waals surface area contributed by atoms with Crippen molar-refractivity contribution in [2.75, 3.05) is 51.7 Å². The molecule has 1 aliphatic heterocycles. The van der Waals surface area contributed by atoms with E-state index in [4.69, 9.17) is 0 Å². The highest BCUT2D eigenvalue weighted by atomic mass is 32.2. The first-order valence-electron chi connectivity index (χ1n) is 8.01. The van der Waals surface area contributed by atoms with Crippen molar-refractivity contribution >= 4 is 26.9 Å². The van der Waals surface area contributed by atoms with E-state index in [1.54, 1.807) is 4.90 Å². The van der Waals surface area contributed by atoms with Gasteiger partial charge in [0.25, 0.3) is 10.0 Å². The van der Waals surface area contributed by atoms with Crippen LogP contribution < -0.4 is 10.2 Å². The van der Waals surface area contributed by atoms with Gasteiger partial charge in [0.2, 0.25) is 5.91 Å². The van der Waals surface area contributed by atoms with Crippen LogP contribution in [0.5, 0.6) is 0 Å². The zero-order chi connectivity index (χ0) is 18.6. The molecule has 1 aromatic carbocycles. The van der Waals surface area contributed by atoms with Crippen LogP contribution in [0.4, 0.5) is 10.5 Å². The van der Waals surface area contributed by atoms with Crippen molar-refractivity contribution in [2.24, 2.45) is 0 Å². The monoisotopic (exact) mass is 368 g/mol. The van der Waals surface area contributed by atoms with E-state index in [1.165, 1.54) is 19.7 Å². The number of nitrogens with one attached hydrogen (secondary N) is 1. The summed E-state index contributed by atoms with van der Waals surface area (Å²) in [6.07, 6.45) is 0. The molecule has 1 aliphatic rings. The highest BCUT2D eigenvalue weighted by Gasteiger charge is 2.27. The second kappa shape index (κ2) is 7.83. The molecule has 1 fully saturated rings. The van der Waals surface area contributed by atoms with Crippen molar-refractivity contribution in [3.8, 4) is 0 Å². The fourth-order valence-electron chi connectivity index (χ4n) is 2.56. The number of hydrogen-bond donors (Lipinski definition) is 1. The van der Waals surface area contributed by atoms with E-state index in [-0.39, 0.29) is 12.5 Å². The molecule has 9 heteroatoms. The molecule has 0 radical (unpaired) electrons. The standard InChI is InChI=1S/C16H24N4O4S/c1-13-5-4-6-14(11-13)19-7-9-20(10-8-19)15(21)12-17-16(22)25(23,24)18(2)3/h4-6,11H,7-10,12H2,1-3H3,(H,17,22). The Morgan fingerprint density at radius 2 is 1.80 bits per heavy atom. The molecule has 0 atom stereocenters. The summed E-state index contributed by atoms with van der Waals surface area (Å²) in [5.74, 6) is -0.286. The van der Waals surface area contributed by atoms with Crippen LogP contribution in [0.3, 0.4) is 0 Å². The first kappa shape index (κ1) is 19.2. The lowest BCUT2D eigenvalue weighted by Gasteiger charge is -2.36. The van der Waals surface area contributed by atoms with E-state index in [9.17, 15) is 18.0 Å². The molecule has 1 N–H and O–H groups in total. The molecule has 1 heterocycles. The van der Waals surface area contributed by atoms with Gasteiger partial charge in [0, 0.05) is 46.0 Å². The first-order chi connectivity index (χ1) is 11.7. The smallest absolute Gasteiger partial charge is 0.352 e. The molecule has 138 valence electrons. The molecule has 2 rings (SSSR count). The predicted octanol–water partition coefficient (Wildman–Crippen LogP) is 0.245. The lowest BCUT2D eigenvalue weighted by atomic mass is 10.2. The molecular weight excluding hydrogens is 344 g/mol. The summed E-state index contributed by atoms with van der Waals surface area (Å²) in [5.41, 5.74) is 2.30. The lowest BCUT2D eigenvalue weighted by Crippen LogP contribution is -2.52. The van der Waals surface area contributed by atoms with Crippen LogP contribution in [-0.2, 0) is 14.8 Å². The summed E-state index contributed by atoms with van der Waals surface area (Å²) in [7, 11) is -1.52. The SMILES string of the molecule is Cc1cccc(N2CCN(C(=O)CNC(=O)S(=O)(=O)N(C)C)CC2)c1. The summed E-state index contributed by atoms with van der Waals surface area (Å²) in [4.78, 5) is 27.7. The Kier molecular flexibility index (Phi) is 6.02. The maximum atomic E-state index is 12.2. The minimum Gasteiger partial charge on any atom is -0.368 e. The Bertz CT molecular complexity index is 740. The molecule has 0 aliphatic carbocycles. The molecular formula is C16H24N4O4S. The number of carbonyl (C=O) groups is 2. The summed E-state index contributed by atoms with van der Waals surface area (Å²) in [6.45, 7) is 4.16. The summed E-state index contributed by atoms with van der Waals surface area (Å²) in [5, 5.41) is 1.02. The summed E-state index contributed by atoms with van der Waals surface area (Å²) < 4.78 is 24.1. The molecule has 1 saturated heterocycles. The number of nitrogens with zero attached hydrogens (tertiary/aromatic N) is 3. The van der Waals surface area contributed by atoms with Crippen molar-refractivity contribution in [3.05, 3.63) is 29.8 Å². The van der Waals surface area contributed by atoms with Gasteiger partial charge in [-0.2, -0.15) is 4.31 Å². The minimum absolute atomic E-state index is 0.286. The van der Waals surface area contributed by atoms with Gasteiger partial charge in [0.05, 0.1) is 6.54 Å². The van der Waals surface area contributed by atoms with Crippen molar-refractivity contribution < 1.29 is 18.0 Å². The van der Waals surface area contributed by atoms with Crippen LogP contribution in [-0.4, -0.2) is 75.6 Å². The van der Waals surface area contributed by atoms with Crippen molar-refractivity contribution in [3.63, 3.8) is 0 Å². The van der Waals surface area contributed by atoms with Crippen LogP contribution in [0.25, 0.3) is 0 Å². The van der Waals surface area contributed by atoms with Gasteiger partial charge < -0.3 is 15.1 Å². The number of piperazine rings is 1. The number of hydrogen-bond acceptors (Lipinski definition) is 5. The first-order valence-corrected chi connectivity index (χ1v) is 9.45.